The molecule has 2 nitrogen and oxygen atoms in total. The lowest BCUT2D eigenvalue weighted by Crippen LogP contribution is -2.12. The van der Waals surface area contributed by atoms with E-state index < -0.39 is 0 Å². The van der Waals surface area contributed by atoms with Crippen LogP contribution < -0.4 is 4.90 Å². The van der Waals surface area contributed by atoms with E-state index in [1.165, 1.54) is 11.1 Å². The summed E-state index contributed by atoms with van der Waals surface area (Å²) in [4.78, 5) is 6.43. The lowest BCUT2D eigenvalue weighted by Gasteiger charge is -2.17. The molecule has 1 aromatic carbocycles. The molecular weight excluding hydrogens is 208 g/mol. The minimum atomic E-state index is 0.901. The predicted octanol–water partition coefficient (Wildman–Crippen LogP) is 2.85. The van der Waals surface area contributed by atoms with E-state index in [0.717, 1.165) is 17.8 Å². The predicted molar refractivity (Wildman–Crippen MR) is 71.4 cm³/mol. The Balaban J connectivity index is 2.33. The van der Waals surface area contributed by atoms with Gasteiger partial charge in [0, 0.05) is 38.5 Å². The Labute approximate surface area is 103 Å². The number of benzene rings is 1. The van der Waals surface area contributed by atoms with Gasteiger partial charge in [0.05, 0.1) is 5.69 Å². The Morgan fingerprint density at radius 1 is 1.18 bits per heavy atom. The zero-order chi connectivity index (χ0) is 12.3. The molecule has 0 N–H and O–H groups in total. The third-order valence-electron chi connectivity index (χ3n) is 2.70. The molecule has 0 saturated heterocycles. The zero-order valence-electron chi connectivity index (χ0n) is 10.6. The van der Waals surface area contributed by atoms with E-state index in [9.17, 15) is 0 Å². The Kier molecular flexibility index (Phi) is 3.43. The Hall–Kier alpha value is -1.83. The Morgan fingerprint density at radius 3 is 2.53 bits per heavy atom. The smallest absolute Gasteiger partial charge is 0.0512 e. The van der Waals surface area contributed by atoms with E-state index in [4.69, 9.17) is 0 Å². The van der Waals surface area contributed by atoms with Gasteiger partial charge in [-0.3, -0.25) is 4.98 Å². The maximum absolute atomic E-state index is 4.34. The van der Waals surface area contributed by atoms with Crippen LogP contribution in [0.4, 0.5) is 5.69 Å². The summed E-state index contributed by atoms with van der Waals surface area (Å²) in [5.74, 6) is 0. The third-order valence-corrected chi connectivity index (χ3v) is 2.70. The van der Waals surface area contributed by atoms with Crippen molar-refractivity contribution in [2.24, 2.45) is 0 Å². The van der Waals surface area contributed by atoms with Crippen molar-refractivity contribution in [1.82, 2.24) is 4.98 Å². The molecule has 2 aromatic rings. The van der Waals surface area contributed by atoms with Crippen molar-refractivity contribution in [3.8, 4) is 0 Å². The first kappa shape index (κ1) is 11.6. The Bertz CT molecular complexity index is 490. The lowest BCUT2D eigenvalue weighted by molar-refractivity contribution is 1.04. The molecule has 0 unspecified atom stereocenters. The molecule has 0 aliphatic rings. The minimum absolute atomic E-state index is 0.901. The van der Waals surface area contributed by atoms with Gasteiger partial charge in [-0.1, -0.05) is 30.3 Å². The van der Waals surface area contributed by atoms with Crippen LogP contribution in [0.3, 0.4) is 0 Å². The first-order valence-corrected chi connectivity index (χ1v) is 5.76. The van der Waals surface area contributed by atoms with Crippen LogP contribution in [-0.2, 0) is 6.42 Å². The molecule has 0 amide bonds. The summed E-state index contributed by atoms with van der Waals surface area (Å²) >= 11 is 0. The van der Waals surface area contributed by atoms with Crippen molar-refractivity contribution in [3.05, 3.63) is 59.4 Å². The first-order chi connectivity index (χ1) is 8.16. The van der Waals surface area contributed by atoms with Crippen molar-refractivity contribution in [1.29, 1.82) is 0 Å². The molecule has 1 aromatic heterocycles. The number of nitrogens with zero attached hydrogens (tertiary/aromatic N) is 2. The van der Waals surface area contributed by atoms with Gasteiger partial charge in [-0.25, -0.2) is 0 Å². The number of anilines is 1. The van der Waals surface area contributed by atoms with Crippen LogP contribution >= 0.6 is 0 Å². The number of pyridine rings is 1. The van der Waals surface area contributed by atoms with E-state index in [-0.39, 0.29) is 0 Å². The van der Waals surface area contributed by atoms with E-state index >= 15 is 0 Å². The topological polar surface area (TPSA) is 16.1 Å². The van der Waals surface area contributed by atoms with Gasteiger partial charge >= 0.3 is 0 Å². The van der Waals surface area contributed by atoms with Gasteiger partial charge in [0.15, 0.2) is 0 Å². The lowest BCUT2D eigenvalue weighted by atomic mass is 10.0. The largest absolute Gasteiger partial charge is 0.377 e. The second kappa shape index (κ2) is 5.00. The highest BCUT2D eigenvalue weighted by Crippen LogP contribution is 2.20. The quantitative estimate of drug-likeness (QED) is 0.798. The molecule has 0 saturated carbocycles. The normalized spacial score (nSPS) is 10.3. The minimum Gasteiger partial charge on any atom is -0.377 e. The van der Waals surface area contributed by atoms with Gasteiger partial charge in [-0.2, -0.15) is 0 Å². The number of aromatic nitrogens is 1. The fourth-order valence-corrected chi connectivity index (χ4v) is 1.86. The highest BCUT2D eigenvalue weighted by atomic mass is 15.1. The van der Waals surface area contributed by atoms with E-state index in [1.807, 2.05) is 33.3 Å². The molecule has 1 radical (unpaired) electrons. The molecule has 0 aliphatic carbocycles. The van der Waals surface area contributed by atoms with Gasteiger partial charge in [-0.15, -0.1) is 0 Å². The average Bonchev–Trinajstić information content (AvgIpc) is 2.32. The van der Waals surface area contributed by atoms with Gasteiger partial charge < -0.3 is 4.90 Å². The highest BCUT2D eigenvalue weighted by molar-refractivity contribution is 5.52. The van der Waals surface area contributed by atoms with Crippen LogP contribution in [0.2, 0.25) is 0 Å². The molecule has 0 atom stereocenters. The summed E-state index contributed by atoms with van der Waals surface area (Å²) in [6, 6.07) is 13.8. The van der Waals surface area contributed by atoms with Gasteiger partial charge in [-0.05, 0) is 18.1 Å². The van der Waals surface area contributed by atoms with E-state index in [1.54, 1.807) is 0 Å². The maximum Gasteiger partial charge on any atom is 0.0512 e. The number of aryl methyl sites for hydroxylation is 1. The molecule has 0 spiro atoms. The molecule has 0 aliphatic heterocycles. The highest BCUT2D eigenvalue weighted by Gasteiger charge is 2.07. The van der Waals surface area contributed by atoms with Crippen molar-refractivity contribution in [3.63, 3.8) is 0 Å². The van der Waals surface area contributed by atoms with Crippen LogP contribution in [0.25, 0.3) is 0 Å². The molecule has 1 heterocycles. The average molecular weight is 225 g/mol. The standard InChI is InChI=1S/C15H17N2/c1-12-9-15(17(2)3)14(11-16-12)10-13-7-5-4-6-8-13/h4-8,11H,10H2,1-3H3. The van der Waals surface area contributed by atoms with Crippen molar-refractivity contribution >= 4 is 5.69 Å². The summed E-state index contributed by atoms with van der Waals surface area (Å²) in [6.07, 6.45) is 2.85. The zero-order valence-corrected chi connectivity index (χ0v) is 10.6. The van der Waals surface area contributed by atoms with Crippen LogP contribution in [-0.4, -0.2) is 19.1 Å². The van der Waals surface area contributed by atoms with Crippen molar-refractivity contribution in [2.75, 3.05) is 19.0 Å². The van der Waals surface area contributed by atoms with Crippen molar-refractivity contribution in [2.45, 2.75) is 13.3 Å². The summed E-state index contributed by atoms with van der Waals surface area (Å²) in [5.41, 5.74) is 4.58. The summed E-state index contributed by atoms with van der Waals surface area (Å²) < 4.78 is 0. The van der Waals surface area contributed by atoms with Gasteiger partial charge in [0.25, 0.3) is 0 Å². The maximum atomic E-state index is 4.34. The molecular formula is C15H17N2. The summed E-state index contributed by atoms with van der Waals surface area (Å²) in [7, 11) is 4.08. The van der Waals surface area contributed by atoms with Crippen LogP contribution in [0.5, 0.6) is 0 Å². The third kappa shape index (κ3) is 2.84. The van der Waals surface area contributed by atoms with Crippen LogP contribution in [0, 0.1) is 13.0 Å². The number of rotatable bonds is 3. The monoisotopic (exact) mass is 225 g/mol. The fourth-order valence-electron chi connectivity index (χ4n) is 1.86. The molecule has 87 valence electrons. The summed E-state index contributed by atoms with van der Waals surface area (Å²) in [5, 5.41) is 0. The number of hydrogen-bond acceptors (Lipinski definition) is 2. The second-order valence-electron chi connectivity index (χ2n) is 4.40. The molecule has 2 rings (SSSR count). The Morgan fingerprint density at radius 2 is 1.88 bits per heavy atom. The van der Waals surface area contributed by atoms with Crippen LogP contribution in [0.15, 0.2) is 36.5 Å². The molecule has 0 fully saturated rings. The van der Waals surface area contributed by atoms with Gasteiger partial charge in [0.1, 0.15) is 0 Å². The van der Waals surface area contributed by atoms with Crippen molar-refractivity contribution < 1.29 is 0 Å². The van der Waals surface area contributed by atoms with E-state index in [0.29, 0.717) is 0 Å². The SMILES string of the molecule is Cc1[c]c(N(C)C)c(Cc2ccccc2)cn1. The molecule has 17 heavy (non-hydrogen) atoms. The summed E-state index contributed by atoms with van der Waals surface area (Å²) in [6.45, 7) is 1.97. The van der Waals surface area contributed by atoms with E-state index in [2.05, 4.69) is 40.2 Å². The molecule has 2 heteroatoms. The molecule has 0 bridgehead atoms. The first-order valence-electron chi connectivity index (χ1n) is 5.76. The fraction of sp³-hybridized carbons (Fsp3) is 0.267. The van der Waals surface area contributed by atoms with Gasteiger partial charge in [0.2, 0.25) is 0 Å². The second-order valence-corrected chi connectivity index (χ2v) is 4.40. The van der Waals surface area contributed by atoms with Crippen LogP contribution in [0.1, 0.15) is 16.8 Å². The number of hydrogen-bond donors (Lipinski definition) is 0.